The van der Waals surface area contributed by atoms with Gasteiger partial charge in [-0.15, -0.1) is 10.2 Å². The van der Waals surface area contributed by atoms with Crippen molar-refractivity contribution in [1.82, 2.24) is 25.1 Å². The molecule has 4 rings (SSSR count). The van der Waals surface area contributed by atoms with Gasteiger partial charge in [0, 0.05) is 28.8 Å². The van der Waals surface area contributed by atoms with E-state index >= 15 is 0 Å². The maximum atomic E-state index is 12.1. The quantitative estimate of drug-likeness (QED) is 0.311. The van der Waals surface area contributed by atoms with Crippen LogP contribution in [0.4, 0.5) is 5.69 Å². The first-order valence-corrected chi connectivity index (χ1v) is 11.4. The fourth-order valence-electron chi connectivity index (χ4n) is 2.98. The largest absolute Gasteiger partial charge is 0.332 e. The van der Waals surface area contributed by atoms with E-state index in [0.29, 0.717) is 5.02 Å². The Hall–Kier alpha value is -3.14. The van der Waals surface area contributed by atoms with E-state index in [0.717, 1.165) is 44.6 Å². The van der Waals surface area contributed by atoms with Gasteiger partial charge in [0.15, 0.2) is 10.9 Å². The van der Waals surface area contributed by atoms with Crippen molar-refractivity contribution in [3.63, 3.8) is 0 Å². The van der Waals surface area contributed by atoms with Gasteiger partial charge in [-0.2, -0.15) is 9.61 Å². The van der Waals surface area contributed by atoms with E-state index in [-0.39, 0.29) is 11.0 Å². The molecule has 4 aromatic rings. The lowest BCUT2D eigenvalue weighted by Crippen LogP contribution is -2.33. The van der Waals surface area contributed by atoms with Gasteiger partial charge in [-0.25, -0.2) is 0 Å². The van der Waals surface area contributed by atoms with Crippen LogP contribution >= 0.6 is 35.2 Å². The number of aryl methyl sites for hydroxylation is 2. The maximum absolute atomic E-state index is 12.1. The number of amides is 1. The van der Waals surface area contributed by atoms with Gasteiger partial charge in [0.1, 0.15) is 5.01 Å². The summed E-state index contributed by atoms with van der Waals surface area (Å²) in [5.74, 6) is 0.516. The Morgan fingerprint density at radius 3 is 2.72 bits per heavy atom. The number of nitrogens with zero attached hydrogens (tertiary/aromatic N) is 4. The van der Waals surface area contributed by atoms with Crippen LogP contribution in [0.2, 0.25) is 5.02 Å². The molecule has 0 bridgehead atoms. The van der Waals surface area contributed by atoms with Crippen LogP contribution in [0.15, 0.2) is 48.5 Å². The van der Waals surface area contributed by atoms with Crippen LogP contribution in [-0.2, 0) is 11.2 Å². The zero-order chi connectivity index (χ0) is 22.7. The van der Waals surface area contributed by atoms with Gasteiger partial charge in [0.2, 0.25) is 10.9 Å². The molecule has 0 atom stereocenters. The summed E-state index contributed by atoms with van der Waals surface area (Å²) in [6, 6.07) is 13.1. The molecule has 0 radical (unpaired) electrons. The summed E-state index contributed by atoms with van der Waals surface area (Å²) in [5, 5.41) is 20.4. The van der Waals surface area contributed by atoms with E-state index < -0.39 is 0 Å². The maximum Gasteiger partial charge on any atom is 0.250 e. The molecule has 0 spiro atoms. The normalized spacial score (nSPS) is 11.2. The number of hydrogen-bond donors (Lipinski definition) is 2. The first kappa shape index (κ1) is 22.1. The van der Waals surface area contributed by atoms with Gasteiger partial charge in [-0.05, 0) is 66.7 Å². The average Bonchev–Trinajstić information content (AvgIpc) is 3.35. The predicted molar refractivity (Wildman–Crippen MR) is 133 cm³/mol. The summed E-state index contributed by atoms with van der Waals surface area (Å²) in [4.78, 5) is 12.9. The van der Waals surface area contributed by atoms with Crippen LogP contribution < -0.4 is 10.6 Å². The average molecular weight is 483 g/mol. The van der Waals surface area contributed by atoms with Crippen molar-refractivity contribution in [2.75, 3.05) is 5.32 Å². The molecule has 10 heteroatoms. The summed E-state index contributed by atoms with van der Waals surface area (Å²) in [5.41, 5.74) is 3.62. The molecule has 162 valence electrons. The highest BCUT2D eigenvalue weighted by atomic mass is 35.5. The Morgan fingerprint density at radius 2 is 2.00 bits per heavy atom. The molecule has 0 aliphatic heterocycles. The fraction of sp³-hybridized carbons (Fsp3) is 0.136. The smallest absolute Gasteiger partial charge is 0.250 e. The number of fused-ring (bicyclic) bond motifs is 1. The lowest BCUT2D eigenvalue weighted by atomic mass is 10.1. The number of rotatable bonds is 5. The molecule has 0 saturated heterocycles. The van der Waals surface area contributed by atoms with Crippen LogP contribution in [0.3, 0.4) is 0 Å². The zero-order valence-electron chi connectivity index (χ0n) is 17.3. The SMILES string of the molecule is CCc1nnc2sc(-c3ccc(NC(=S)NC(=O)/C=C/c4ccc(Cl)cc4)c(C)c3)nn12. The number of aromatic nitrogens is 4. The monoisotopic (exact) mass is 482 g/mol. The summed E-state index contributed by atoms with van der Waals surface area (Å²) in [7, 11) is 0. The molecule has 2 heterocycles. The Kier molecular flexibility index (Phi) is 6.59. The van der Waals surface area contributed by atoms with Gasteiger partial charge in [0.05, 0.1) is 0 Å². The lowest BCUT2D eigenvalue weighted by molar-refractivity contribution is -0.115. The van der Waals surface area contributed by atoms with Crippen LogP contribution in [0.1, 0.15) is 23.9 Å². The summed E-state index contributed by atoms with van der Waals surface area (Å²) in [6.07, 6.45) is 3.88. The van der Waals surface area contributed by atoms with Crippen LogP contribution in [0, 0.1) is 6.92 Å². The molecule has 2 aromatic carbocycles. The van der Waals surface area contributed by atoms with Crippen molar-refractivity contribution in [2.24, 2.45) is 0 Å². The first-order valence-electron chi connectivity index (χ1n) is 9.80. The van der Waals surface area contributed by atoms with E-state index in [1.54, 1.807) is 22.7 Å². The molecule has 2 aromatic heterocycles. The second-order valence-corrected chi connectivity index (χ2v) is 8.73. The van der Waals surface area contributed by atoms with Crippen molar-refractivity contribution in [3.8, 4) is 10.6 Å². The summed E-state index contributed by atoms with van der Waals surface area (Å²) in [6.45, 7) is 3.99. The summed E-state index contributed by atoms with van der Waals surface area (Å²) < 4.78 is 1.78. The number of halogens is 1. The molecule has 2 N–H and O–H groups in total. The van der Waals surface area contributed by atoms with Crippen LogP contribution in [-0.4, -0.2) is 30.8 Å². The molecule has 0 fully saturated rings. The van der Waals surface area contributed by atoms with Gasteiger partial charge >= 0.3 is 0 Å². The lowest BCUT2D eigenvalue weighted by Gasteiger charge is -2.11. The zero-order valence-corrected chi connectivity index (χ0v) is 19.7. The van der Waals surface area contributed by atoms with E-state index in [1.807, 2.05) is 44.2 Å². The molecule has 7 nitrogen and oxygen atoms in total. The number of carbonyl (C=O) groups is 1. The van der Waals surface area contributed by atoms with E-state index in [9.17, 15) is 4.79 Å². The third kappa shape index (κ3) is 5.01. The van der Waals surface area contributed by atoms with Gasteiger partial charge in [-0.3, -0.25) is 10.1 Å². The Balaban J connectivity index is 1.40. The minimum atomic E-state index is -0.321. The molecular weight excluding hydrogens is 464 g/mol. The number of anilines is 1. The second-order valence-electron chi connectivity index (χ2n) is 6.93. The highest BCUT2D eigenvalue weighted by molar-refractivity contribution is 7.80. The highest BCUT2D eigenvalue weighted by Gasteiger charge is 2.13. The van der Waals surface area contributed by atoms with Gasteiger partial charge < -0.3 is 5.32 Å². The fourth-order valence-corrected chi connectivity index (χ4v) is 4.18. The third-order valence-corrected chi connectivity index (χ3v) is 6.03. The van der Waals surface area contributed by atoms with Crippen molar-refractivity contribution < 1.29 is 4.79 Å². The molecule has 32 heavy (non-hydrogen) atoms. The number of thiocarbonyl (C=S) groups is 1. The van der Waals surface area contributed by atoms with Gasteiger partial charge in [0.25, 0.3) is 0 Å². The number of benzene rings is 2. The molecule has 0 unspecified atom stereocenters. The van der Waals surface area contributed by atoms with Crippen molar-refractivity contribution in [3.05, 3.63) is 70.5 Å². The second kappa shape index (κ2) is 9.56. The third-order valence-electron chi connectivity index (χ3n) is 4.63. The molecular formula is C22H19ClN6OS2. The topological polar surface area (TPSA) is 84.2 Å². The Morgan fingerprint density at radius 1 is 1.22 bits per heavy atom. The van der Waals surface area contributed by atoms with Crippen molar-refractivity contribution in [1.29, 1.82) is 0 Å². The van der Waals surface area contributed by atoms with Crippen LogP contribution in [0.25, 0.3) is 21.6 Å². The van der Waals surface area contributed by atoms with Crippen LogP contribution in [0.5, 0.6) is 0 Å². The molecule has 0 saturated carbocycles. The molecule has 0 aliphatic carbocycles. The van der Waals surface area contributed by atoms with Crippen molar-refractivity contribution in [2.45, 2.75) is 20.3 Å². The highest BCUT2D eigenvalue weighted by Crippen LogP contribution is 2.28. The van der Waals surface area contributed by atoms with E-state index in [4.69, 9.17) is 23.8 Å². The number of hydrogen-bond acceptors (Lipinski definition) is 6. The Labute approximate surface area is 199 Å². The standard InChI is InChI=1S/C22H19ClN6OS2/c1-3-18-26-27-22-29(18)28-20(32-22)15-7-10-17(13(2)12-15)24-21(31)25-19(30)11-6-14-4-8-16(23)9-5-14/h4-12H,3H2,1-2H3,(H2,24,25,30,31)/b11-6+. The minimum Gasteiger partial charge on any atom is -0.332 e. The predicted octanol–water partition coefficient (Wildman–Crippen LogP) is 4.90. The van der Waals surface area contributed by atoms with E-state index in [2.05, 4.69) is 25.9 Å². The van der Waals surface area contributed by atoms with Gasteiger partial charge in [-0.1, -0.05) is 42.0 Å². The van der Waals surface area contributed by atoms with Crippen molar-refractivity contribution >= 4 is 62.9 Å². The number of carbonyl (C=O) groups excluding carboxylic acids is 1. The Bertz CT molecular complexity index is 1330. The molecule has 0 aliphatic rings. The first-order chi connectivity index (χ1) is 15.4. The molecule has 1 amide bonds. The minimum absolute atomic E-state index is 0.220. The summed E-state index contributed by atoms with van der Waals surface area (Å²) >= 11 is 12.6. The van der Waals surface area contributed by atoms with E-state index in [1.165, 1.54) is 17.4 Å². The number of nitrogens with one attached hydrogen (secondary N) is 2.